The standard InChI is InChI=1S/C17H15ClN2O4/c1-3-7-24-17-15(18)8-12(9-16(17)23-2)11-19-13-5-4-6-14(10-13)20(21)22/h1,4-6,8-10,19H,7,11H2,2H3. The summed E-state index contributed by atoms with van der Waals surface area (Å²) in [5.41, 5.74) is 1.48. The van der Waals surface area contributed by atoms with E-state index in [0.717, 1.165) is 5.56 Å². The van der Waals surface area contributed by atoms with Crippen molar-refractivity contribution in [1.82, 2.24) is 0 Å². The molecule has 2 aromatic rings. The fourth-order valence-electron chi connectivity index (χ4n) is 2.06. The van der Waals surface area contributed by atoms with Crippen molar-refractivity contribution in [2.75, 3.05) is 19.0 Å². The molecule has 0 unspecified atom stereocenters. The normalized spacial score (nSPS) is 9.88. The molecule has 124 valence electrons. The molecule has 0 saturated carbocycles. The summed E-state index contributed by atoms with van der Waals surface area (Å²) in [5, 5.41) is 14.3. The van der Waals surface area contributed by atoms with Crippen molar-refractivity contribution >= 4 is 23.0 Å². The molecular formula is C17H15ClN2O4. The molecule has 0 atom stereocenters. The van der Waals surface area contributed by atoms with Crippen LogP contribution in [0.4, 0.5) is 11.4 Å². The van der Waals surface area contributed by atoms with Crippen LogP contribution < -0.4 is 14.8 Å². The zero-order valence-corrected chi connectivity index (χ0v) is 13.7. The summed E-state index contributed by atoms with van der Waals surface area (Å²) in [6, 6.07) is 9.75. The summed E-state index contributed by atoms with van der Waals surface area (Å²) in [4.78, 5) is 10.4. The number of nitrogens with one attached hydrogen (secondary N) is 1. The first-order valence-electron chi connectivity index (χ1n) is 6.96. The number of nitro groups is 1. The topological polar surface area (TPSA) is 73.6 Å². The van der Waals surface area contributed by atoms with Crippen molar-refractivity contribution in [3.63, 3.8) is 0 Å². The van der Waals surface area contributed by atoms with Crippen LogP contribution in [-0.2, 0) is 6.54 Å². The lowest BCUT2D eigenvalue weighted by Crippen LogP contribution is -2.03. The Morgan fingerprint density at radius 1 is 1.38 bits per heavy atom. The number of nitro benzene ring substituents is 1. The summed E-state index contributed by atoms with van der Waals surface area (Å²) < 4.78 is 10.7. The van der Waals surface area contributed by atoms with Gasteiger partial charge in [-0.3, -0.25) is 10.1 Å². The highest BCUT2D eigenvalue weighted by Gasteiger charge is 2.12. The summed E-state index contributed by atoms with van der Waals surface area (Å²) in [6.07, 6.45) is 5.18. The molecule has 0 heterocycles. The predicted octanol–water partition coefficient (Wildman–Crippen LogP) is 3.88. The Labute approximate surface area is 144 Å². The largest absolute Gasteiger partial charge is 0.493 e. The Balaban J connectivity index is 2.15. The lowest BCUT2D eigenvalue weighted by molar-refractivity contribution is -0.384. The molecule has 0 fully saturated rings. The quantitative estimate of drug-likeness (QED) is 0.468. The van der Waals surface area contributed by atoms with Crippen LogP contribution in [0.2, 0.25) is 5.02 Å². The molecule has 2 aromatic carbocycles. The Hall–Kier alpha value is -2.91. The highest BCUT2D eigenvalue weighted by molar-refractivity contribution is 6.32. The van der Waals surface area contributed by atoms with Gasteiger partial charge in [-0.25, -0.2) is 0 Å². The van der Waals surface area contributed by atoms with Crippen molar-refractivity contribution in [2.24, 2.45) is 0 Å². The summed E-state index contributed by atoms with van der Waals surface area (Å²) >= 11 is 6.21. The number of nitrogens with zero attached hydrogens (tertiary/aromatic N) is 1. The third kappa shape index (κ3) is 4.31. The van der Waals surface area contributed by atoms with Crippen LogP contribution in [0, 0.1) is 22.5 Å². The van der Waals surface area contributed by atoms with Gasteiger partial charge in [0.1, 0.15) is 6.61 Å². The molecule has 2 rings (SSSR count). The molecule has 6 nitrogen and oxygen atoms in total. The molecule has 0 aliphatic heterocycles. The minimum absolute atomic E-state index is 0.0219. The number of rotatable bonds is 7. The first-order valence-corrected chi connectivity index (χ1v) is 7.34. The van der Waals surface area contributed by atoms with Gasteiger partial charge in [0, 0.05) is 24.4 Å². The van der Waals surface area contributed by atoms with Crippen LogP contribution in [0.15, 0.2) is 36.4 Å². The van der Waals surface area contributed by atoms with E-state index in [4.69, 9.17) is 27.5 Å². The lowest BCUT2D eigenvalue weighted by atomic mass is 10.2. The van der Waals surface area contributed by atoms with Gasteiger partial charge >= 0.3 is 0 Å². The van der Waals surface area contributed by atoms with E-state index in [1.54, 1.807) is 24.3 Å². The van der Waals surface area contributed by atoms with Gasteiger partial charge in [0.05, 0.1) is 17.1 Å². The number of benzene rings is 2. The second kappa shape index (κ2) is 8.09. The van der Waals surface area contributed by atoms with E-state index in [-0.39, 0.29) is 12.3 Å². The number of hydrogen-bond acceptors (Lipinski definition) is 5. The van der Waals surface area contributed by atoms with Crippen LogP contribution in [-0.4, -0.2) is 18.6 Å². The molecule has 24 heavy (non-hydrogen) atoms. The highest BCUT2D eigenvalue weighted by atomic mass is 35.5. The van der Waals surface area contributed by atoms with Gasteiger partial charge in [-0.1, -0.05) is 23.6 Å². The van der Waals surface area contributed by atoms with E-state index in [1.807, 2.05) is 0 Å². The Morgan fingerprint density at radius 2 is 2.17 bits per heavy atom. The zero-order chi connectivity index (χ0) is 17.5. The van der Waals surface area contributed by atoms with Gasteiger partial charge in [-0.15, -0.1) is 6.42 Å². The van der Waals surface area contributed by atoms with Crippen LogP contribution in [0.3, 0.4) is 0 Å². The van der Waals surface area contributed by atoms with Crippen molar-refractivity contribution in [1.29, 1.82) is 0 Å². The number of methoxy groups -OCH3 is 1. The Bertz CT molecular complexity index is 787. The van der Waals surface area contributed by atoms with Gasteiger partial charge in [0.25, 0.3) is 5.69 Å². The molecule has 7 heteroatoms. The van der Waals surface area contributed by atoms with Gasteiger partial charge in [0.15, 0.2) is 11.5 Å². The number of ether oxygens (including phenoxy) is 2. The second-order valence-corrected chi connectivity index (χ2v) is 5.17. The molecule has 0 aliphatic rings. The number of terminal acetylenes is 1. The molecule has 0 amide bonds. The monoisotopic (exact) mass is 346 g/mol. The fourth-order valence-corrected chi connectivity index (χ4v) is 2.35. The average Bonchev–Trinajstić information content (AvgIpc) is 2.58. The molecule has 0 spiro atoms. The van der Waals surface area contributed by atoms with E-state index in [2.05, 4.69) is 11.2 Å². The van der Waals surface area contributed by atoms with Crippen LogP contribution >= 0.6 is 11.6 Å². The van der Waals surface area contributed by atoms with Gasteiger partial charge in [-0.05, 0) is 23.8 Å². The number of anilines is 1. The molecule has 0 radical (unpaired) electrons. The lowest BCUT2D eigenvalue weighted by Gasteiger charge is -2.13. The van der Waals surface area contributed by atoms with Crippen molar-refractivity contribution < 1.29 is 14.4 Å². The van der Waals surface area contributed by atoms with E-state index >= 15 is 0 Å². The van der Waals surface area contributed by atoms with Crippen LogP contribution in [0.1, 0.15) is 5.56 Å². The number of hydrogen-bond donors (Lipinski definition) is 1. The first kappa shape index (κ1) is 17.4. The fraction of sp³-hybridized carbons (Fsp3) is 0.176. The zero-order valence-electron chi connectivity index (χ0n) is 12.9. The van der Waals surface area contributed by atoms with E-state index < -0.39 is 4.92 Å². The molecule has 0 bridgehead atoms. The molecule has 1 N–H and O–H groups in total. The smallest absolute Gasteiger partial charge is 0.271 e. The average molecular weight is 347 g/mol. The van der Waals surface area contributed by atoms with Crippen LogP contribution in [0.5, 0.6) is 11.5 Å². The van der Waals surface area contributed by atoms with Gasteiger partial charge < -0.3 is 14.8 Å². The van der Waals surface area contributed by atoms with E-state index in [1.165, 1.54) is 19.2 Å². The first-order chi connectivity index (χ1) is 11.5. The van der Waals surface area contributed by atoms with E-state index in [0.29, 0.717) is 28.8 Å². The number of non-ortho nitro benzene ring substituents is 1. The van der Waals surface area contributed by atoms with Crippen LogP contribution in [0.25, 0.3) is 0 Å². The maximum Gasteiger partial charge on any atom is 0.271 e. The van der Waals surface area contributed by atoms with Gasteiger partial charge in [-0.2, -0.15) is 0 Å². The summed E-state index contributed by atoms with van der Waals surface area (Å²) in [6.45, 7) is 0.494. The van der Waals surface area contributed by atoms with Crippen molar-refractivity contribution in [3.8, 4) is 23.8 Å². The molecular weight excluding hydrogens is 332 g/mol. The third-order valence-corrected chi connectivity index (χ3v) is 3.42. The maximum absolute atomic E-state index is 10.8. The maximum atomic E-state index is 10.8. The van der Waals surface area contributed by atoms with Gasteiger partial charge in [0.2, 0.25) is 0 Å². The minimum atomic E-state index is -0.442. The second-order valence-electron chi connectivity index (χ2n) is 4.76. The molecule has 0 aliphatic carbocycles. The molecule has 0 aromatic heterocycles. The SMILES string of the molecule is C#CCOc1c(Cl)cc(CNc2cccc([N+](=O)[O-])c2)cc1OC. The van der Waals surface area contributed by atoms with Crippen molar-refractivity contribution in [2.45, 2.75) is 6.54 Å². The predicted molar refractivity (Wildman–Crippen MR) is 92.8 cm³/mol. The molecule has 0 saturated heterocycles. The Kier molecular flexibility index (Phi) is 5.88. The highest BCUT2D eigenvalue weighted by Crippen LogP contribution is 2.36. The summed E-state index contributed by atoms with van der Waals surface area (Å²) in [7, 11) is 1.51. The minimum Gasteiger partial charge on any atom is -0.493 e. The van der Waals surface area contributed by atoms with E-state index in [9.17, 15) is 10.1 Å². The third-order valence-electron chi connectivity index (χ3n) is 3.14. The van der Waals surface area contributed by atoms with Crippen molar-refractivity contribution in [3.05, 3.63) is 57.1 Å². The number of halogens is 1. The Morgan fingerprint density at radius 3 is 2.83 bits per heavy atom. The summed E-state index contributed by atoms with van der Waals surface area (Å²) in [5.74, 6) is 3.22.